The third-order valence-electron chi connectivity index (χ3n) is 3.08. The summed E-state index contributed by atoms with van der Waals surface area (Å²) in [6.45, 7) is 9.24. The van der Waals surface area contributed by atoms with Crippen molar-refractivity contribution in [2.75, 3.05) is 5.32 Å². The summed E-state index contributed by atoms with van der Waals surface area (Å²) in [5.41, 5.74) is 3.06. The molecule has 4 nitrogen and oxygen atoms in total. The molecule has 0 saturated carbocycles. The molecule has 1 aromatic carbocycles. The number of nitrogens with one attached hydrogen (secondary N) is 2. The van der Waals surface area contributed by atoms with Gasteiger partial charge in [0.05, 0.1) is 0 Å². The number of hydrogen-bond acceptors (Lipinski definition) is 2. The van der Waals surface area contributed by atoms with E-state index in [1.807, 2.05) is 45.9 Å². The van der Waals surface area contributed by atoms with Crippen molar-refractivity contribution in [3.63, 3.8) is 0 Å². The van der Waals surface area contributed by atoms with Crippen molar-refractivity contribution in [1.29, 1.82) is 0 Å². The SMILES string of the molecule is CC(=O)N[C@H](C(=O)Nc1ccc(C)c(C)c1)C(C)C. The maximum absolute atomic E-state index is 12.2. The molecule has 1 atom stereocenters. The van der Waals surface area contributed by atoms with Crippen LogP contribution in [0.4, 0.5) is 5.69 Å². The lowest BCUT2D eigenvalue weighted by Crippen LogP contribution is -2.46. The van der Waals surface area contributed by atoms with Crippen molar-refractivity contribution in [2.45, 2.75) is 40.7 Å². The van der Waals surface area contributed by atoms with Crippen molar-refractivity contribution in [1.82, 2.24) is 5.32 Å². The van der Waals surface area contributed by atoms with Crippen LogP contribution in [0.15, 0.2) is 18.2 Å². The molecule has 0 aliphatic rings. The summed E-state index contributed by atoms with van der Waals surface area (Å²) in [5.74, 6) is -0.349. The predicted molar refractivity (Wildman–Crippen MR) is 77.0 cm³/mol. The zero-order valence-corrected chi connectivity index (χ0v) is 12.2. The summed E-state index contributed by atoms with van der Waals surface area (Å²) >= 11 is 0. The Morgan fingerprint density at radius 2 is 1.74 bits per heavy atom. The Hall–Kier alpha value is -1.84. The predicted octanol–water partition coefficient (Wildman–Crippen LogP) is 2.40. The van der Waals surface area contributed by atoms with Gasteiger partial charge in [0.1, 0.15) is 6.04 Å². The molecule has 0 bridgehead atoms. The number of benzene rings is 1. The molecule has 4 heteroatoms. The van der Waals surface area contributed by atoms with Crippen LogP contribution in [0.25, 0.3) is 0 Å². The van der Waals surface area contributed by atoms with Gasteiger partial charge in [-0.1, -0.05) is 19.9 Å². The third-order valence-corrected chi connectivity index (χ3v) is 3.08. The Labute approximate surface area is 114 Å². The molecule has 1 rings (SSSR count). The van der Waals surface area contributed by atoms with Crippen LogP contribution < -0.4 is 10.6 Å². The molecule has 0 unspecified atom stereocenters. The average molecular weight is 262 g/mol. The summed E-state index contributed by atoms with van der Waals surface area (Å²) in [5, 5.41) is 5.52. The van der Waals surface area contributed by atoms with E-state index >= 15 is 0 Å². The first-order valence-corrected chi connectivity index (χ1v) is 6.46. The molecule has 0 aliphatic carbocycles. The van der Waals surface area contributed by atoms with E-state index in [1.165, 1.54) is 12.5 Å². The number of carbonyl (C=O) groups is 2. The molecule has 0 aliphatic heterocycles. The van der Waals surface area contributed by atoms with Crippen LogP contribution in [0.5, 0.6) is 0 Å². The van der Waals surface area contributed by atoms with E-state index in [4.69, 9.17) is 0 Å². The van der Waals surface area contributed by atoms with Crippen LogP contribution in [-0.4, -0.2) is 17.9 Å². The van der Waals surface area contributed by atoms with Crippen LogP contribution in [0, 0.1) is 19.8 Å². The van der Waals surface area contributed by atoms with Gasteiger partial charge in [0.25, 0.3) is 0 Å². The van der Waals surface area contributed by atoms with Crippen molar-refractivity contribution in [2.24, 2.45) is 5.92 Å². The van der Waals surface area contributed by atoms with Gasteiger partial charge in [-0.05, 0) is 43.0 Å². The third kappa shape index (κ3) is 4.39. The van der Waals surface area contributed by atoms with E-state index in [0.717, 1.165) is 11.3 Å². The second-order valence-corrected chi connectivity index (χ2v) is 5.21. The van der Waals surface area contributed by atoms with E-state index in [9.17, 15) is 9.59 Å². The Bertz CT molecular complexity index is 481. The van der Waals surface area contributed by atoms with Gasteiger partial charge in [0, 0.05) is 12.6 Å². The summed E-state index contributed by atoms with van der Waals surface area (Å²) in [6, 6.07) is 5.25. The fourth-order valence-corrected chi connectivity index (χ4v) is 1.79. The fraction of sp³-hybridized carbons (Fsp3) is 0.467. The summed E-state index contributed by atoms with van der Waals surface area (Å²) < 4.78 is 0. The largest absolute Gasteiger partial charge is 0.344 e. The Morgan fingerprint density at radius 1 is 1.11 bits per heavy atom. The molecule has 0 radical (unpaired) electrons. The van der Waals surface area contributed by atoms with Crippen LogP contribution >= 0.6 is 0 Å². The van der Waals surface area contributed by atoms with E-state index in [0.29, 0.717) is 0 Å². The van der Waals surface area contributed by atoms with Gasteiger partial charge < -0.3 is 10.6 Å². The molecule has 1 aromatic rings. The highest BCUT2D eigenvalue weighted by Gasteiger charge is 2.22. The molecule has 2 amide bonds. The molecule has 0 fully saturated rings. The first-order valence-electron chi connectivity index (χ1n) is 6.46. The molecule has 2 N–H and O–H groups in total. The molecular formula is C15H22N2O2. The zero-order chi connectivity index (χ0) is 14.6. The number of rotatable bonds is 4. The molecule has 19 heavy (non-hydrogen) atoms. The summed E-state index contributed by atoms with van der Waals surface area (Å²) in [7, 11) is 0. The molecule has 104 valence electrons. The maximum Gasteiger partial charge on any atom is 0.247 e. The van der Waals surface area contributed by atoms with Gasteiger partial charge in [0.2, 0.25) is 11.8 Å². The Balaban J connectivity index is 2.81. The number of carbonyl (C=O) groups excluding carboxylic acids is 2. The van der Waals surface area contributed by atoms with Crippen LogP contribution in [-0.2, 0) is 9.59 Å². The van der Waals surface area contributed by atoms with Crippen molar-refractivity contribution >= 4 is 17.5 Å². The zero-order valence-electron chi connectivity index (χ0n) is 12.2. The Morgan fingerprint density at radius 3 is 2.21 bits per heavy atom. The molecular weight excluding hydrogens is 240 g/mol. The number of hydrogen-bond donors (Lipinski definition) is 2. The topological polar surface area (TPSA) is 58.2 Å². The van der Waals surface area contributed by atoms with Crippen molar-refractivity contribution in [3.05, 3.63) is 29.3 Å². The standard InChI is InChI=1S/C15H22N2O2/c1-9(2)14(16-12(5)18)15(19)17-13-7-6-10(3)11(4)8-13/h6-9,14H,1-5H3,(H,16,18)(H,17,19)/t14-/m0/s1. The van der Waals surface area contributed by atoms with Gasteiger partial charge >= 0.3 is 0 Å². The maximum atomic E-state index is 12.2. The van der Waals surface area contributed by atoms with Crippen molar-refractivity contribution < 1.29 is 9.59 Å². The smallest absolute Gasteiger partial charge is 0.247 e. The first kappa shape index (κ1) is 15.2. The number of aryl methyl sites for hydroxylation is 2. The van der Waals surface area contributed by atoms with Gasteiger partial charge in [-0.15, -0.1) is 0 Å². The second-order valence-electron chi connectivity index (χ2n) is 5.21. The highest BCUT2D eigenvalue weighted by molar-refractivity contribution is 5.97. The van der Waals surface area contributed by atoms with Crippen LogP contribution in [0.1, 0.15) is 31.9 Å². The molecule has 0 saturated heterocycles. The van der Waals surface area contributed by atoms with E-state index in [-0.39, 0.29) is 17.7 Å². The highest BCUT2D eigenvalue weighted by atomic mass is 16.2. The minimum atomic E-state index is -0.515. The molecule has 0 aromatic heterocycles. The molecule has 0 heterocycles. The van der Waals surface area contributed by atoms with Crippen molar-refractivity contribution in [3.8, 4) is 0 Å². The second kappa shape index (κ2) is 6.36. The quantitative estimate of drug-likeness (QED) is 0.875. The highest BCUT2D eigenvalue weighted by Crippen LogP contribution is 2.15. The van der Waals surface area contributed by atoms with Gasteiger partial charge in [-0.3, -0.25) is 9.59 Å². The summed E-state index contributed by atoms with van der Waals surface area (Å²) in [4.78, 5) is 23.3. The molecule has 0 spiro atoms. The monoisotopic (exact) mass is 262 g/mol. The lowest BCUT2D eigenvalue weighted by molar-refractivity contribution is -0.126. The van der Waals surface area contributed by atoms with E-state index in [2.05, 4.69) is 10.6 Å². The first-order chi connectivity index (χ1) is 8.81. The lowest BCUT2D eigenvalue weighted by Gasteiger charge is -2.21. The number of anilines is 1. The minimum Gasteiger partial charge on any atom is -0.344 e. The van der Waals surface area contributed by atoms with Crippen LogP contribution in [0.3, 0.4) is 0 Å². The Kier molecular flexibility index (Phi) is 5.10. The van der Waals surface area contributed by atoms with Gasteiger partial charge in [-0.25, -0.2) is 0 Å². The number of amides is 2. The summed E-state index contributed by atoms with van der Waals surface area (Å²) in [6.07, 6.45) is 0. The van der Waals surface area contributed by atoms with E-state index < -0.39 is 6.04 Å². The minimum absolute atomic E-state index is 0.0374. The average Bonchev–Trinajstić information content (AvgIpc) is 2.30. The van der Waals surface area contributed by atoms with Crippen LogP contribution in [0.2, 0.25) is 0 Å². The fourth-order valence-electron chi connectivity index (χ4n) is 1.79. The van der Waals surface area contributed by atoms with Gasteiger partial charge in [0.15, 0.2) is 0 Å². The van der Waals surface area contributed by atoms with E-state index in [1.54, 1.807) is 0 Å². The normalized spacial score (nSPS) is 12.1. The van der Waals surface area contributed by atoms with Gasteiger partial charge in [-0.2, -0.15) is 0 Å². The lowest BCUT2D eigenvalue weighted by atomic mass is 10.0.